The molecule has 4 aliphatic heterocycles. The molecule has 3 atom stereocenters. The van der Waals surface area contributed by atoms with Gasteiger partial charge in [0.05, 0.1) is 49.5 Å². The van der Waals surface area contributed by atoms with Gasteiger partial charge in [0.25, 0.3) is 0 Å². The predicted molar refractivity (Wildman–Crippen MR) is 174 cm³/mol. The third-order valence-electron chi connectivity index (χ3n) is 9.29. The van der Waals surface area contributed by atoms with Crippen molar-refractivity contribution in [1.29, 1.82) is 0 Å². The number of halogens is 2. The highest BCUT2D eigenvalue weighted by atomic mass is 35.5. The fourth-order valence-corrected chi connectivity index (χ4v) is 7.37. The number of methoxy groups -OCH3 is 1. The van der Waals surface area contributed by atoms with Crippen molar-refractivity contribution >= 4 is 46.2 Å². The zero-order valence-corrected chi connectivity index (χ0v) is 26.4. The monoisotopic (exact) mass is 649 g/mol. The van der Waals surface area contributed by atoms with Crippen LogP contribution < -0.4 is 25.3 Å². The van der Waals surface area contributed by atoms with Gasteiger partial charge in [0, 0.05) is 55.3 Å². The van der Waals surface area contributed by atoms with Crippen molar-refractivity contribution in [3.8, 4) is 5.75 Å². The second-order valence-electron chi connectivity index (χ2n) is 12.1. The van der Waals surface area contributed by atoms with E-state index in [1.807, 2.05) is 12.1 Å². The fraction of sp³-hybridized carbons (Fsp3) is 0.424. The number of morpholine rings is 1. The largest absolute Gasteiger partial charge is 0.494 e. The summed E-state index contributed by atoms with van der Waals surface area (Å²) in [5.74, 6) is 0.851. The first-order chi connectivity index (χ1) is 22.4. The summed E-state index contributed by atoms with van der Waals surface area (Å²) >= 11 is 6.14. The van der Waals surface area contributed by atoms with Gasteiger partial charge in [0.15, 0.2) is 5.82 Å². The molecule has 3 aromatic rings. The number of carbonyl (C=O) groups excluding carboxylic acids is 1. The van der Waals surface area contributed by atoms with Crippen LogP contribution in [0.4, 0.5) is 33.1 Å². The average Bonchev–Trinajstić information content (AvgIpc) is 3.83. The van der Waals surface area contributed by atoms with Gasteiger partial charge in [-0.05, 0) is 55.2 Å². The van der Waals surface area contributed by atoms with Crippen molar-refractivity contribution in [2.75, 3.05) is 60.6 Å². The highest BCUT2D eigenvalue weighted by Crippen LogP contribution is 2.41. The van der Waals surface area contributed by atoms with Gasteiger partial charge in [-0.15, -0.1) is 0 Å². The molecule has 7 rings (SSSR count). The first-order valence-electron chi connectivity index (χ1n) is 15.6. The number of hydroxylamine groups is 1. The molecule has 1 amide bonds. The lowest BCUT2D eigenvalue weighted by atomic mass is 10.0. The van der Waals surface area contributed by atoms with Crippen molar-refractivity contribution in [2.45, 2.75) is 49.9 Å². The van der Waals surface area contributed by atoms with Crippen molar-refractivity contribution in [3.05, 3.63) is 71.8 Å². The second kappa shape index (κ2) is 13.0. The topological polar surface area (TPSA) is 104 Å². The van der Waals surface area contributed by atoms with Crippen LogP contribution in [0.15, 0.2) is 55.4 Å². The highest BCUT2D eigenvalue weighted by Gasteiger charge is 2.42. The Hall–Kier alpha value is -3.97. The van der Waals surface area contributed by atoms with E-state index in [1.165, 1.54) is 24.5 Å². The summed E-state index contributed by atoms with van der Waals surface area (Å²) in [5, 5.41) is 8.29. The number of likely N-dealkylation sites (tertiary alicyclic amines) is 1. The van der Waals surface area contributed by atoms with E-state index in [-0.39, 0.29) is 11.9 Å². The number of fused-ring (bicyclic) bond motifs is 2. The molecule has 0 unspecified atom stereocenters. The molecule has 1 aromatic heterocycles. The number of rotatable bonds is 9. The molecule has 13 heteroatoms. The summed E-state index contributed by atoms with van der Waals surface area (Å²) in [4.78, 5) is 32.2. The highest BCUT2D eigenvalue weighted by molar-refractivity contribution is 6.30. The number of hydrogen-bond acceptors (Lipinski definition) is 10. The number of nitrogens with one attached hydrogen (secondary N) is 2. The van der Waals surface area contributed by atoms with Crippen LogP contribution in [0.2, 0.25) is 5.02 Å². The van der Waals surface area contributed by atoms with E-state index in [0.29, 0.717) is 70.6 Å². The molecule has 2 bridgehead atoms. The Morgan fingerprint density at radius 2 is 1.96 bits per heavy atom. The first-order valence-corrected chi connectivity index (χ1v) is 16.0. The van der Waals surface area contributed by atoms with Gasteiger partial charge in [-0.1, -0.05) is 18.2 Å². The van der Waals surface area contributed by atoms with Gasteiger partial charge in [0.1, 0.15) is 23.7 Å². The normalized spacial score (nSPS) is 23.2. The zero-order chi connectivity index (χ0) is 31.8. The summed E-state index contributed by atoms with van der Waals surface area (Å²) in [6.07, 6.45) is 6.92. The van der Waals surface area contributed by atoms with Crippen LogP contribution in [0.1, 0.15) is 37.3 Å². The van der Waals surface area contributed by atoms with Gasteiger partial charge in [0.2, 0.25) is 5.91 Å². The molecule has 0 radical (unpaired) electrons. The third-order valence-corrected chi connectivity index (χ3v) is 9.51. The van der Waals surface area contributed by atoms with Gasteiger partial charge >= 0.3 is 0 Å². The molecular weight excluding hydrogens is 613 g/mol. The number of hydrogen-bond donors (Lipinski definition) is 2. The van der Waals surface area contributed by atoms with Crippen molar-refractivity contribution in [3.63, 3.8) is 0 Å². The molecule has 2 N–H and O–H groups in total. The molecule has 46 heavy (non-hydrogen) atoms. The molecule has 4 fully saturated rings. The Morgan fingerprint density at radius 3 is 2.67 bits per heavy atom. The maximum Gasteiger partial charge on any atom is 0.247 e. The number of nitrogens with zero attached hydrogens (tertiary/aromatic N) is 5. The summed E-state index contributed by atoms with van der Waals surface area (Å²) in [6, 6.07) is 10.8. The predicted octanol–water partition coefficient (Wildman–Crippen LogP) is 5.47. The fourth-order valence-electron chi connectivity index (χ4n) is 7.14. The molecular formula is C33H37ClFN7O4. The van der Waals surface area contributed by atoms with Crippen LogP contribution in [-0.2, 0) is 14.4 Å². The number of carbonyl (C=O) groups is 1. The minimum atomic E-state index is -0.410. The maximum atomic E-state index is 14.1. The van der Waals surface area contributed by atoms with E-state index < -0.39 is 5.82 Å². The molecule has 242 valence electrons. The number of piperidine rings is 1. The molecule has 0 saturated carbocycles. The summed E-state index contributed by atoms with van der Waals surface area (Å²) < 4.78 is 25.8. The molecule has 4 aliphatic rings. The van der Waals surface area contributed by atoms with Crippen LogP contribution in [0.5, 0.6) is 5.75 Å². The van der Waals surface area contributed by atoms with Crippen LogP contribution in [-0.4, -0.2) is 78.9 Å². The van der Waals surface area contributed by atoms with Crippen LogP contribution in [0, 0.1) is 5.82 Å². The van der Waals surface area contributed by atoms with Crippen molar-refractivity contribution in [1.82, 2.24) is 14.9 Å². The maximum absolute atomic E-state index is 14.1. The second-order valence-corrected chi connectivity index (χ2v) is 12.5. The summed E-state index contributed by atoms with van der Waals surface area (Å²) in [5.41, 5.74) is 2.82. The lowest BCUT2D eigenvalue weighted by molar-refractivity contribution is -0.111. The minimum absolute atomic E-state index is 0.274. The van der Waals surface area contributed by atoms with Gasteiger partial charge in [-0.25, -0.2) is 19.4 Å². The molecule has 5 heterocycles. The Morgan fingerprint density at radius 1 is 1.11 bits per heavy atom. The number of benzene rings is 2. The minimum Gasteiger partial charge on any atom is -0.494 e. The Kier molecular flexibility index (Phi) is 8.69. The number of ether oxygens (including phenoxy) is 2. The molecule has 4 saturated heterocycles. The molecule has 11 nitrogen and oxygen atoms in total. The number of aromatic nitrogens is 2. The van der Waals surface area contributed by atoms with E-state index in [2.05, 4.69) is 37.0 Å². The SMILES string of the molecule is C=CC(=O)Nc1cc(Nc2cc(N3OCC[C@@H]3c3cc(F)cc(Cl)c3)ncn2)c(OC)cc1N1CCC(N2C[C@H]3C[C@@H]2CO3)CC1. The number of anilines is 5. The molecule has 0 spiro atoms. The van der Waals surface area contributed by atoms with Crippen LogP contribution in [0.3, 0.4) is 0 Å². The number of amides is 1. The summed E-state index contributed by atoms with van der Waals surface area (Å²) in [6.45, 7) is 7.66. The molecule has 2 aromatic carbocycles. The lowest BCUT2D eigenvalue weighted by Crippen LogP contribution is -2.49. The average molecular weight is 650 g/mol. The molecule has 0 aliphatic carbocycles. The smallest absolute Gasteiger partial charge is 0.247 e. The van der Waals surface area contributed by atoms with E-state index in [0.717, 1.165) is 51.2 Å². The van der Waals surface area contributed by atoms with Crippen molar-refractivity contribution < 1.29 is 23.5 Å². The van der Waals surface area contributed by atoms with E-state index in [4.69, 9.17) is 25.9 Å². The quantitative estimate of drug-likeness (QED) is 0.290. The summed E-state index contributed by atoms with van der Waals surface area (Å²) in [7, 11) is 1.61. The Labute approximate surface area is 272 Å². The van der Waals surface area contributed by atoms with Crippen LogP contribution >= 0.6 is 11.6 Å². The van der Waals surface area contributed by atoms with Gasteiger partial charge in [-0.2, -0.15) is 0 Å². The Bertz CT molecular complexity index is 1600. The van der Waals surface area contributed by atoms with Gasteiger partial charge < -0.3 is 25.0 Å². The van der Waals surface area contributed by atoms with E-state index in [1.54, 1.807) is 24.3 Å². The lowest BCUT2D eigenvalue weighted by Gasteiger charge is -2.41. The first kappa shape index (κ1) is 30.7. The van der Waals surface area contributed by atoms with E-state index in [9.17, 15) is 9.18 Å². The standard InChI is InChI=1S/C33H37ClFN7O4/c1-3-33(43)39-26-14-27(30(44-2)15-29(26)40-7-4-23(5-8-40)41-17-25-13-24(41)18-45-25)38-31-16-32(37-19-36-31)42-28(6-9-46-42)20-10-21(34)12-22(35)11-20/h3,10-12,14-16,19,23-25,28H,1,4-9,13,17-18H2,2H3,(H,39,43)(H,36,37,38)/t24-,25-,28-/m1/s1. The third kappa shape index (κ3) is 6.22. The van der Waals surface area contributed by atoms with Gasteiger partial charge in [-0.3, -0.25) is 14.5 Å². The van der Waals surface area contributed by atoms with Crippen LogP contribution in [0.25, 0.3) is 0 Å². The van der Waals surface area contributed by atoms with Crippen molar-refractivity contribution in [2.24, 2.45) is 0 Å². The zero-order valence-electron chi connectivity index (χ0n) is 25.6. The Balaban J connectivity index is 1.12. The van der Waals surface area contributed by atoms with E-state index >= 15 is 0 Å².